The van der Waals surface area contributed by atoms with Crippen LogP contribution >= 0.6 is 0 Å². The minimum atomic E-state index is 0.0621. The normalized spacial score (nSPS) is 30.3. The van der Waals surface area contributed by atoms with E-state index in [4.69, 9.17) is 0 Å². The Balaban J connectivity index is 1.69. The summed E-state index contributed by atoms with van der Waals surface area (Å²) in [5.41, 5.74) is 0.0621. The topological polar surface area (TPSA) is 46.2 Å². The van der Waals surface area contributed by atoms with Crippen molar-refractivity contribution in [2.24, 2.45) is 17.8 Å². The predicted octanol–water partition coefficient (Wildman–Crippen LogP) is 5.56. The third-order valence-electron chi connectivity index (χ3n) is 7.55. The van der Waals surface area contributed by atoms with E-state index in [0.29, 0.717) is 12.3 Å². The van der Waals surface area contributed by atoms with Crippen molar-refractivity contribution in [3.8, 4) is 0 Å². The fourth-order valence-corrected chi connectivity index (χ4v) is 6.15. The number of carbonyl (C=O) groups is 2. The van der Waals surface area contributed by atoms with Crippen molar-refractivity contribution in [1.29, 1.82) is 0 Å². The summed E-state index contributed by atoms with van der Waals surface area (Å²) < 4.78 is 0. The Morgan fingerprint density at radius 3 is 2.04 bits per heavy atom. The molecule has 3 nitrogen and oxygen atoms in total. The molecule has 0 bridgehead atoms. The van der Waals surface area contributed by atoms with Crippen LogP contribution in [0.4, 0.5) is 0 Å². The van der Waals surface area contributed by atoms with E-state index in [2.05, 4.69) is 5.32 Å². The Morgan fingerprint density at radius 2 is 1.38 bits per heavy atom. The summed E-state index contributed by atoms with van der Waals surface area (Å²) in [5, 5.41) is 3.63. The zero-order valence-electron chi connectivity index (χ0n) is 16.9. The number of ketones is 1. The van der Waals surface area contributed by atoms with E-state index in [9.17, 15) is 9.59 Å². The Hall–Kier alpha value is -0.860. The van der Waals surface area contributed by atoms with Gasteiger partial charge in [-0.2, -0.15) is 0 Å². The van der Waals surface area contributed by atoms with Gasteiger partial charge in [0, 0.05) is 17.9 Å². The van der Waals surface area contributed by atoms with Crippen LogP contribution in [0.5, 0.6) is 0 Å². The first kappa shape index (κ1) is 19.9. The van der Waals surface area contributed by atoms with Crippen LogP contribution in [0.25, 0.3) is 0 Å². The number of amides is 1. The molecule has 0 aromatic carbocycles. The molecule has 3 aliphatic rings. The largest absolute Gasteiger partial charge is 0.350 e. The van der Waals surface area contributed by atoms with Crippen LogP contribution < -0.4 is 5.32 Å². The molecule has 0 saturated heterocycles. The zero-order chi connectivity index (χ0) is 18.4. The summed E-state index contributed by atoms with van der Waals surface area (Å²) in [7, 11) is 0. The summed E-state index contributed by atoms with van der Waals surface area (Å²) in [5.74, 6) is 1.53. The summed E-state index contributed by atoms with van der Waals surface area (Å²) in [6, 6.07) is 0. The highest BCUT2D eigenvalue weighted by Gasteiger charge is 2.44. The third kappa shape index (κ3) is 4.89. The lowest BCUT2D eigenvalue weighted by Crippen LogP contribution is -2.54. The maximum absolute atomic E-state index is 13.3. The first-order chi connectivity index (χ1) is 12.6. The molecule has 3 saturated carbocycles. The third-order valence-corrected chi connectivity index (χ3v) is 7.55. The monoisotopic (exact) mass is 361 g/mol. The van der Waals surface area contributed by atoms with Crippen LogP contribution in [-0.2, 0) is 9.59 Å². The fraction of sp³-hybridized carbons (Fsp3) is 0.913. The fourth-order valence-electron chi connectivity index (χ4n) is 6.15. The average Bonchev–Trinajstić information content (AvgIpc) is 3.03. The van der Waals surface area contributed by atoms with Crippen molar-refractivity contribution in [2.45, 2.75) is 115 Å². The maximum atomic E-state index is 13.3. The van der Waals surface area contributed by atoms with Gasteiger partial charge in [0.05, 0.1) is 0 Å². The van der Waals surface area contributed by atoms with Crippen molar-refractivity contribution in [3.63, 3.8) is 0 Å². The first-order valence-electron chi connectivity index (χ1n) is 11.4. The second-order valence-electron chi connectivity index (χ2n) is 9.45. The van der Waals surface area contributed by atoms with E-state index >= 15 is 0 Å². The molecule has 0 heterocycles. The van der Waals surface area contributed by atoms with Crippen LogP contribution in [-0.4, -0.2) is 17.2 Å². The molecule has 26 heavy (non-hydrogen) atoms. The van der Waals surface area contributed by atoms with Crippen LogP contribution in [0.2, 0.25) is 0 Å². The van der Waals surface area contributed by atoms with Gasteiger partial charge < -0.3 is 10.1 Å². The van der Waals surface area contributed by atoms with Gasteiger partial charge in [-0.15, -0.1) is 0 Å². The van der Waals surface area contributed by atoms with Crippen molar-refractivity contribution < 1.29 is 9.59 Å². The van der Waals surface area contributed by atoms with Gasteiger partial charge in [0.25, 0.3) is 0 Å². The Labute approximate surface area is 160 Å². The molecule has 3 aliphatic carbocycles. The van der Waals surface area contributed by atoms with Crippen LogP contribution in [0.3, 0.4) is 0 Å². The van der Waals surface area contributed by atoms with Gasteiger partial charge in [-0.25, -0.2) is 0 Å². The second-order valence-corrected chi connectivity index (χ2v) is 9.45. The SMILES string of the molecule is CC(=O)CC1CCCCC1C(=O)NC1(C2CCCCCCC2)CCCC1. The number of Topliss-reactive ketones (excluding diaryl/α,β-unsaturated/α-hetero) is 1. The van der Waals surface area contributed by atoms with Gasteiger partial charge in [0.15, 0.2) is 0 Å². The summed E-state index contributed by atoms with van der Waals surface area (Å²) in [4.78, 5) is 25.0. The van der Waals surface area contributed by atoms with E-state index in [0.717, 1.165) is 19.3 Å². The summed E-state index contributed by atoms with van der Waals surface area (Å²) in [6.45, 7) is 1.68. The van der Waals surface area contributed by atoms with Gasteiger partial charge >= 0.3 is 0 Å². The highest BCUT2D eigenvalue weighted by atomic mass is 16.2. The molecule has 0 aliphatic heterocycles. The second kappa shape index (κ2) is 9.37. The molecule has 3 fully saturated rings. The van der Waals surface area contributed by atoms with E-state index in [1.165, 1.54) is 77.0 Å². The van der Waals surface area contributed by atoms with Crippen molar-refractivity contribution in [3.05, 3.63) is 0 Å². The summed E-state index contributed by atoms with van der Waals surface area (Å²) >= 11 is 0. The average molecular weight is 362 g/mol. The molecular weight excluding hydrogens is 322 g/mol. The van der Waals surface area contributed by atoms with E-state index < -0.39 is 0 Å². The van der Waals surface area contributed by atoms with Gasteiger partial charge in [-0.1, -0.05) is 57.8 Å². The number of hydrogen-bond donors (Lipinski definition) is 1. The van der Waals surface area contributed by atoms with Gasteiger partial charge in [0.1, 0.15) is 5.78 Å². The lowest BCUT2D eigenvalue weighted by molar-refractivity contribution is -0.131. The molecule has 0 aromatic rings. The minimum absolute atomic E-state index is 0.0621. The van der Waals surface area contributed by atoms with Crippen molar-refractivity contribution in [1.82, 2.24) is 5.32 Å². The molecule has 2 atom stereocenters. The molecule has 3 heteroatoms. The molecule has 0 spiro atoms. The predicted molar refractivity (Wildman–Crippen MR) is 106 cm³/mol. The smallest absolute Gasteiger partial charge is 0.223 e. The Kier molecular flexibility index (Phi) is 7.17. The highest BCUT2D eigenvalue weighted by Crippen LogP contribution is 2.43. The van der Waals surface area contributed by atoms with Crippen molar-refractivity contribution >= 4 is 11.7 Å². The van der Waals surface area contributed by atoms with Crippen LogP contribution in [0, 0.1) is 17.8 Å². The minimum Gasteiger partial charge on any atom is -0.350 e. The standard InChI is InChI=1S/C23H39NO2/c1-18(25)17-19-11-7-8-14-21(19)22(26)24-23(15-9-10-16-23)20-12-5-3-2-4-6-13-20/h19-21H,2-17H2,1H3,(H,24,26). The Morgan fingerprint density at radius 1 is 0.808 bits per heavy atom. The highest BCUT2D eigenvalue weighted by molar-refractivity contribution is 5.82. The quantitative estimate of drug-likeness (QED) is 0.696. The molecular formula is C23H39NO2. The lowest BCUT2D eigenvalue weighted by atomic mass is 9.73. The number of nitrogens with one attached hydrogen (secondary N) is 1. The Bertz CT molecular complexity index is 473. The van der Waals surface area contributed by atoms with E-state index in [1.807, 2.05) is 0 Å². The molecule has 0 radical (unpaired) electrons. The molecule has 1 N–H and O–H groups in total. The van der Waals surface area contributed by atoms with Gasteiger partial charge in [0.2, 0.25) is 5.91 Å². The van der Waals surface area contributed by atoms with E-state index in [1.54, 1.807) is 6.92 Å². The maximum Gasteiger partial charge on any atom is 0.223 e. The van der Waals surface area contributed by atoms with Gasteiger partial charge in [-0.3, -0.25) is 4.79 Å². The molecule has 2 unspecified atom stereocenters. The number of carbonyl (C=O) groups excluding carboxylic acids is 2. The molecule has 0 aromatic heterocycles. The number of rotatable bonds is 5. The lowest BCUT2D eigenvalue weighted by Gasteiger charge is -2.42. The zero-order valence-corrected chi connectivity index (χ0v) is 16.9. The van der Waals surface area contributed by atoms with E-state index in [-0.39, 0.29) is 29.1 Å². The van der Waals surface area contributed by atoms with Crippen LogP contribution in [0.1, 0.15) is 110 Å². The van der Waals surface area contributed by atoms with Gasteiger partial charge in [-0.05, 0) is 57.3 Å². The molecule has 3 rings (SSSR count). The summed E-state index contributed by atoms with van der Waals surface area (Å²) in [6.07, 6.45) is 19.2. The first-order valence-corrected chi connectivity index (χ1v) is 11.4. The number of hydrogen-bond acceptors (Lipinski definition) is 2. The molecule has 1 amide bonds. The molecule has 148 valence electrons. The van der Waals surface area contributed by atoms with Crippen molar-refractivity contribution in [2.75, 3.05) is 0 Å². The van der Waals surface area contributed by atoms with Crippen LogP contribution in [0.15, 0.2) is 0 Å².